The third-order valence-corrected chi connectivity index (χ3v) is 6.27. The second kappa shape index (κ2) is 8.87. The molecule has 4 rings (SSSR count). The molecule has 2 heterocycles. The zero-order valence-electron chi connectivity index (χ0n) is 18.5. The van der Waals surface area contributed by atoms with Crippen molar-refractivity contribution < 1.29 is 18.7 Å². The highest BCUT2D eigenvalue weighted by Crippen LogP contribution is 2.41. The predicted octanol–water partition coefficient (Wildman–Crippen LogP) is 4.46. The Morgan fingerprint density at radius 3 is 2.58 bits per heavy atom. The quantitative estimate of drug-likeness (QED) is 0.767. The number of ether oxygens (including phenoxy) is 2. The van der Waals surface area contributed by atoms with Crippen LogP contribution in [-0.2, 0) is 11.3 Å². The number of hydrogen-bond acceptors (Lipinski definition) is 4. The number of nitrogens with zero attached hydrogens (tertiary/aromatic N) is 1. The molecular weight excluding hydrogens is 395 g/mol. The van der Waals surface area contributed by atoms with Gasteiger partial charge in [0, 0.05) is 24.4 Å². The largest absolute Gasteiger partial charge is 0.497 e. The van der Waals surface area contributed by atoms with E-state index in [1.54, 1.807) is 7.11 Å². The maximum Gasteiger partial charge on any atom is 0.223 e. The van der Waals surface area contributed by atoms with Gasteiger partial charge in [-0.2, -0.15) is 0 Å². The first-order valence-electron chi connectivity index (χ1n) is 11.0. The normalized spacial score (nSPS) is 21.1. The Balaban J connectivity index is 1.37. The van der Waals surface area contributed by atoms with Crippen LogP contribution in [0.15, 0.2) is 42.5 Å². The summed E-state index contributed by atoms with van der Waals surface area (Å²) in [6.45, 7) is 6.61. The van der Waals surface area contributed by atoms with E-state index in [-0.39, 0.29) is 29.3 Å². The number of methoxy groups -OCH3 is 1. The Bertz CT molecular complexity index is 921. The molecule has 6 heteroatoms. The smallest absolute Gasteiger partial charge is 0.223 e. The minimum absolute atomic E-state index is 0.00415. The van der Waals surface area contributed by atoms with Crippen LogP contribution in [0.25, 0.3) is 0 Å². The molecule has 5 nitrogen and oxygen atoms in total. The van der Waals surface area contributed by atoms with E-state index >= 15 is 0 Å². The lowest BCUT2D eigenvalue weighted by molar-refractivity contribution is -0.127. The number of hydrogen-bond donors (Lipinski definition) is 1. The number of rotatable bonds is 5. The molecule has 0 unspecified atom stereocenters. The molecule has 0 bridgehead atoms. The molecule has 0 aromatic heterocycles. The summed E-state index contributed by atoms with van der Waals surface area (Å²) in [4.78, 5) is 15.4. The Morgan fingerprint density at radius 2 is 1.90 bits per heavy atom. The standard InChI is InChI=1S/C25H31FN2O3/c1-25(2)15-22(21-14-20(30-3)8-9-23(21)31-25)27-24(29)18-10-12-28(13-11-18)16-17-4-6-19(26)7-5-17/h4-9,14,18,22H,10-13,15-16H2,1-3H3,(H,27,29)/t22-/m0/s1. The van der Waals surface area contributed by atoms with Crippen molar-refractivity contribution in [2.24, 2.45) is 5.92 Å². The van der Waals surface area contributed by atoms with Gasteiger partial charge in [-0.05, 0) is 75.7 Å². The lowest BCUT2D eigenvalue weighted by Gasteiger charge is -2.39. The van der Waals surface area contributed by atoms with Gasteiger partial charge in [0.05, 0.1) is 13.2 Å². The van der Waals surface area contributed by atoms with Crippen molar-refractivity contribution in [3.05, 3.63) is 59.4 Å². The number of halogens is 1. The van der Waals surface area contributed by atoms with Gasteiger partial charge in [0.1, 0.15) is 22.9 Å². The maximum atomic E-state index is 13.1. The molecule has 2 aliphatic rings. The Morgan fingerprint density at radius 1 is 1.19 bits per heavy atom. The molecule has 1 N–H and O–H groups in total. The molecule has 166 valence electrons. The van der Waals surface area contributed by atoms with Crippen LogP contribution in [0.4, 0.5) is 4.39 Å². The predicted molar refractivity (Wildman–Crippen MR) is 118 cm³/mol. The van der Waals surface area contributed by atoms with E-state index < -0.39 is 0 Å². The Hall–Kier alpha value is -2.60. The molecule has 1 saturated heterocycles. The number of carbonyl (C=O) groups is 1. The van der Waals surface area contributed by atoms with Crippen molar-refractivity contribution in [2.45, 2.75) is 51.3 Å². The Labute approximate surface area is 183 Å². The van der Waals surface area contributed by atoms with Gasteiger partial charge in [0.25, 0.3) is 0 Å². The first kappa shape index (κ1) is 21.6. The molecule has 2 aromatic rings. The fraction of sp³-hybridized carbons (Fsp3) is 0.480. The van der Waals surface area contributed by atoms with E-state index in [1.165, 1.54) is 12.1 Å². The van der Waals surface area contributed by atoms with Crippen molar-refractivity contribution in [3.8, 4) is 11.5 Å². The van der Waals surface area contributed by atoms with Gasteiger partial charge in [-0.1, -0.05) is 12.1 Å². The first-order chi connectivity index (χ1) is 14.8. The van der Waals surface area contributed by atoms with Crippen LogP contribution in [0.2, 0.25) is 0 Å². The molecule has 0 radical (unpaired) electrons. The summed E-state index contributed by atoms with van der Waals surface area (Å²) in [7, 11) is 1.64. The number of benzene rings is 2. The average Bonchev–Trinajstić information content (AvgIpc) is 2.75. The molecule has 31 heavy (non-hydrogen) atoms. The molecule has 1 atom stereocenters. The number of amides is 1. The van der Waals surface area contributed by atoms with Crippen LogP contribution in [0.3, 0.4) is 0 Å². The van der Waals surface area contributed by atoms with Crippen molar-refractivity contribution in [1.82, 2.24) is 10.2 Å². The highest BCUT2D eigenvalue weighted by atomic mass is 19.1. The van der Waals surface area contributed by atoms with E-state index in [9.17, 15) is 9.18 Å². The molecule has 1 fully saturated rings. The number of likely N-dealkylation sites (tertiary alicyclic amines) is 1. The van der Waals surface area contributed by atoms with Crippen LogP contribution in [-0.4, -0.2) is 36.6 Å². The van der Waals surface area contributed by atoms with Crippen LogP contribution in [0.1, 0.15) is 50.3 Å². The average molecular weight is 427 g/mol. The summed E-state index contributed by atoms with van der Waals surface area (Å²) in [5, 5.41) is 3.29. The van der Waals surface area contributed by atoms with Gasteiger partial charge in [-0.3, -0.25) is 9.69 Å². The van der Waals surface area contributed by atoms with Crippen molar-refractivity contribution in [3.63, 3.8) is 0 Å². The second-order valence-electron chi connectivity index (χ2n) is 9.21. The fourth-order valence-corrected chi connectivity index (χ4v) is 4.58. The summed E-state index contributed by atoms with van der Waals surface area (Å²) in [5.74, 6) is 1.46. The topological polar surface area (TPSA) is 50.8 Å². The third-order valence-electron chi connectivity index (χ3n) is 6.27. The molecule has 2 aliphatic heterocycles. The van der Waals surface area contributed by atoms with Crippen molar-refractivity contribution in [1.29, 1.82) is 0 Å². The SMILES string of the molecule is COc1ccc2c(c1)[C@@H](NC(=O)C1CCN(Cc3ccc(F)cc3)CC1)CC(C)(C)O2. The Kier molecular flexibility index (Phi) is 6.19. The van der Waals surface area contributed by atoms with Crippen LogP contribution < -0.4 is 14.8 Å². The monoisotopic (exact) mass is 426 g/mol. The number of piperidine rings is 1. The van der Waals surface area contributed by atoms with Gasteiger partial charge < -0.3 is 14.8 Å². The summed E-state index contributed by atoms with van der Waals surface area (Å²) < 4.78 is 24.6. The van der Waals surface area contributed by atoms with Gasteiger partial charge in [-0.15, -0.1) is 0 Å². The third kappa shape index (κ3) is 5.18. The fourth-order valence-electron chi connectivity index (χ4n) is 4.58. The van der Waals surface area contributed by atoms with E-state index in [4.69, 9.17) is 9.47 Å². The van der Waals surface area contributed by atoms with E-state index in [2.05, 4.69) is 10.2 Å². The number of fused-ring (bicyclic) bond motifs is 1. The zero-order chi connectivity index (χ0) is 22.0. The molecular formula is C25H31FN2O3. The summed E-state index contributed by atoms with van der Waals surface area (Å²) in [5.41, 5.74) is 1.72. The van der Waals surface area contributed by atoms with E-state index in [0.717, 1.165) is 55.1 Å². The lowest BCUT2D eigenvalue weighted by atomic mass is 9.88. The highest BCUT2D eigenvalue weighted by Gasteiger charge is 2.36. The summed E-state index contributed by atoms with van der Waals surface area (Å²) in [6.07, 6.45) is 2.36. The summed E-state index contributed by atoms with van der Waals surface area (Å²) in [6, 6.07) is 12.3. The van der Waals surface area contributed by atoms with Gasteiger partial charge in [0.2, 0.25) is 5.91 Å². The van der Waals surface area contributed by atoms with Crippen molar-refractivity contribution in [2.75, 3.05) is 20.2 Å². The van der Waals surface area contributed by atoms with E-state index in [1.807, 2.05) is 44.2 Å². The van der Waals surface area contributed by atoms with Crippen LogP contribution in [0.5, 0.6) is 11.5 Å². The maximum absolute atomic E-state index is 13.1. The molecule has 0 saturated carbocycles. The molecule has 2 aromatic carbocycles. The van der Waals surface area contributed by atoms with E-state index in [0.29, 0.717) is 6.42 Å². The number of carbonyl (C=O) groups excluding carboxylic acids is 1. The zero-order valence-corrected chi connectivity index (χ0v) is 18.5. The molecule has 0 aliphatic carbocycles. The minimum atomic E-state index is -0.349. The highest BCUT2D eigenvalue weighted by molar-refractivity contribution is 5.79. The lowest BCUT2D eigenvalue weighted by Crippen LogP contribution is -2.45. The summed E-state index contributed by atoms with van der Waals surface area (Å²) >= 11 is 0. The van der Waals surface area contributed by atoms with Crippen LogP contribution >= 0.6 is 0 Å². The van der Waals surface area contributed by atoms with Gasteiger partial charge in [0.15, 0.2) is 0 Å². The molecule has 0 spiro atoms. The van der Waals surface area contributed by atoms with Crippen molar-refractivity contribution >= 4 is 5.91 Å². The van der Waals surface area contributed by atoms with Gasteiger partial charge in [-0.25, -0.2) is 4.39 Å². The molecule has 1 amide bonds. The minimum Gasteiger partial charge on any atom is -0.497 e. The van der Waals surface area contributed by atoms with Gasteiger partial charge >= 0.3 is 0 Å². The second-order valence-corrected chi connectivity index (χ2v) is 9.21. The number of nitrogens with one attached hydrogen (secondary N) is 1. The van der Waals surface area contributed by atoms with Crippen LogP contribution in [0, 0.1) is 11.7 Å². The first-order valence-corrected chi connectivity index (χ1v) is 11.0.